The van der Waals surface area contributed by atoms with E-state index in [0.29, 0.717) is 21.5 Å². The van der Waals surface area contributed by atoms with Crippen LogP contribution < -0.4 is 10.6 Å². The van der Waals surface area contributed by atoms with Crippen molar-refractivity contribution in [2.45, 2.75) is 25.6 Å². The van der Waals surface area contributed by atoms with Crippen molar-refractivity contribution in [1.82, 2.24) is 15.2 Å². The molecule has 1 aliphatic rings. The van der Waals surface area contributed by atoms with E-state index in [9.17, 15) is 22.8 Å². The maximum absolute atomic E-state index is 12.3. The number of aromatic nitrogens is 1. The SMILES string of the molecule is CCNc1ncc(C(=O)N[C@H]2CC(=O)N(CC(F)(F)F)C2)s1. The number of alkyl halides is 3. The van der Waals surface area contributed by atoms with Gasteiger partial charge in [-0.15, -0.1) is 0 Å². The highest BCUT2D eigenvalue weighted by Crippen LogP contribution is 2.22. The monoisotopic (exact) mass is 336 g/mol. The molecular formula is C12H15F3N4O2S. The fraction of sp³-hybridized carbons (Fsp3) is 0.583. The van der Waals surface area contributed by atoms with Gasteiger partial charge in [0.2, 0.25) is 5.91 Å². The van der Waals surface area contributed by atoms with Gasteiger partial charge in [0.15, 0.2) is 5.13 Å². The van der Waals surface area contributed by atoms with E-state index in [-0.39, 0.29) is 13.0 Å². The lowest BCUT2D eigenvalue weighted by molar-refractivity contribution is -0.157. The number of nitrogens with zero attached hydrogens (tertiary/aromatic N) is 2. The number of anilines is 1. The number of likely N-dealkylation sites (tertiary alicyclic amines) is 1. The normalized spacial score (nSPS) is 18.6. The molecule has 0 unspecified atom stereocenters. The number of carbonyl (C=O) groups excluding carboxylic acids is 2. The zero-order valence-corrected chi connectivity index (χ0v) is 12.6. The van der Waals surface area contributed by atoms with Gasteiger partial charge in [-0.1, -0.05) is 11.3 Å². The molecule has 122 valence electrons. The molecule has 0 spiro atoms. The Bertz CT molecular complexity index is 561. The van der Waals surface area contributed by atoms with Gasteiger partial charge in [0.05, 0.1) is 12.2 Å². The van der Waals surface area contributed by atoms with E-state index < -0.39 is 30.6 Å². The molecule has 2 heterocycles. The number of thiazole rings is 1. The molecule has 22 heavy (non-hydrogen) atoms. The number of nitrogens with one attached hydrogen (secondary N) is 2. The van der Waals surface area contributed by atoms with Crippen LogP contribution in [0.4, 0.5) is 18.3 Å². The summed E-state index contributed by atoms with van der Waals surface area (Å²) in [4.78, 5) is 28.6. The lowest BCUT2D eigenvalue weighted by Crippen LogP contribution is -2.39. The van der Waals surface area contributed by atoms with Crippen molar-refractivity contribution in [2.75, 3.05) is 25.0 Å². The minimum atomic E-state index is -4.44. The topological polar surface area (TPSA) is 74.3 Å². The molecule has 2 amide bonds. The van der Waals surface area contributed by atoms with E-state index >= 15 is 0 Å². The molecule has 1 fully saturated rings. The van der Waals surface area contributed by atoms with Crippen molar-refractivity contribution in [2.24, 2.45) is 0 Å². The van der Waals surface area contributed by atoms with Crippen molar-refractivity contribution in [1.29, 1.82) is 0 Å². The predicted molar refractivity (Wildman–Crippen MR) is 74.8 cm³/mol. The summed E-state index contributed by atoms with van der Waals surface area (Å²) >= 11 is 1.15. The van der Waals surface area contributed by atoms with Gasteiger partial charge in [-0.25, -0.2) is 4.98 Å². The molecule has 0 radical (unpaired) electrons. The van der Waals surface area contributed by atoms with Crippen LogP contribution in [0.3, 0.4) is 0 Å². The first-order chi connectivity index (χ1) is 10.3. The predicted octanol–water partition coefficient (Wildman–Crippen LogP) is 1.47. The van der Waals surface area contributed by atoms with Gasteiger partial charge in [0.1, 0.15) is 11.4 Å². The van der Waals surface area contributed by atoms with E-state index in [4.69, 9.17) is 0 Å². The number of rotatable bonds is 5. The van der Waals surface area contributed by atoms with Gasteiger partial charge in [-0.05, 0) is 6.92 Å². The first-order valence-electron chi connectivity index (χ1n) is 6.63. The molecule has 1 aromatic heterocycles. The zero-order chi connectivity index (χ0) is 16.3. The molecule has 1 saturated heterocycles. The van der Waals surface area contributed by atoms with Gasteiger partial charge < -0.3 is 15.5 Å². The molecule has 1 aliphatic heterocycles. The van der Waals surface area contributed by atoms with Crippen LogP contribution in [0.25, 0.3) is 0 Å². The number of hydrogen-bond donors (Lipinski definition) is 2. The largest absolute Gasteiger partial charge is 0.406 e. The summed E-state index contributed by atoms with van der Waals surface area (Å²) in [7, 11) is 0. The Morgan fingerprint density at radius 2 is 2.27 bits per heavy atom. The molecule has 0 saturated carbocycles. The van der Waals surface area contributed by atoms with Gasteiger partial charge >= 0.3 is 6.18 Å². The van der Waals surface area contributed by atoms with Crippen LogP contribution in [0.15, 0.2) is 6.20 Å². The molecule has 6 nitrogen and oxygen atoms in total. The summed E-state index contributed by atoms with van der Waals surface area (Å²) < 4.78 is 36.9. The maximum Gasteiger partial charge on any atom is 0.406 e. The fourth-order valence-electron chi connectivity index (χ4n) is 2.11. The molecule has 1 aromatic rings. The van der Waals surface area contributed by atoms with Crippen LogP contribution in [-0.2, 0) is 4.79 Å². The molecule has 10 heteroatoms. The summed E-state index contributed by atoms with van der Waals surface area (Å²) in [6, 6.07) is -0.618. The van der Waals surface area contributed by atoms with Crippen LogP contribution in [-0.4, -0.2) is 53.6 Å². The fourth-order valence-corrected chi connectivity index (χ4v) is 2.89. The highest BCUT2D eigenvalue weighted by atomic mass is 32.1. The van der Waals surface area contributed by atoms with Crippen molar-refractivity contribution in [3.8, 4) is 0 Å². The van der Waals surface area contributed by atoms with Crippen molar-refractivity contribution < 1.29 is 22.8 Å². The average molecular weight is 336 g/mol. The lowest BCUT2D eigenvalue weighted by Gasteiger charge is -2.18. The van der Waals surface area contributed by atoms with E-state index in [2.05, 4.69) is 15.6 Å². The quantitative estimate of drug-likeness (QED) is 0.854. The Labute approximate surface area is 128 Å². The van der Waals surface area contributed by atoms with E-state index in [1.165, 1.54) is 6.20 Å². The molecular weight excluding hydrogens is 321 g/mol. The van der Waals surface area contributed by atoms with Crippen molar-refractivity contribution in [3.05, 3.63) is 11.1 Å². The summed E-state index contributed by atoms with van der Waals surface area (Å²) in [5.41, 5.74) is 0. The van der Waals surface area contributed by atoms with Crippen molar-refractivity contribution >= 4 is 28.3 Å². The highest BCUT2D eigenvalue weighted by Gasteiger charge is 2.38. The molecule has 2 N–H and O–H groups in total. The number of amides is 2. The second-order valence-electron chi connectivity index (χ2n) is 4.82. The first kappa shape index (κ1) is 16.5. The lowest BCUT2D eigenvalue weighted by atomic mass is 10.2. The Morgan fingerprint density at radius 1 is 1.55 bits per heavy atom. The smallest absolute Gasteiger partial charge is 0.362 e. The van der Waals surface area contributed by atoms with E-state index in [1.54, 1.807) is 0 Å². The van der Waals surface area contributed by atoms with E-state index in [0.717, 1.165) is 11.3 Å². The summed E-state index contributed by atoms with van der Waals surface area (Å²) in [5.74, 6) is -1.05. The molecule has 2 rings (SSSR count). The minimum Gasteiger partial charge on any atom is -0.362 e. The minimum absolute atomic E-state index is 0.124. The second kappa shape index (κ2) is 6.51. The molecule has 0 aromatic carbocycles. The first-order valence-corrected chi connectivity index (χ1v) is 7.45. The molecule has 1 atom stereocenters. The van der Waals surface area contributed by atoms with Gasteiger partial charge in [0, 0.05) is 19.5 Å². The van der Waals surface area contributed by atoms with Crippen LogP contribution in [0.2, 0.25) is 0 Å². The third-order valence-corrected chi connectivity index (χ3v) is 3.93. The van der Waals surface area contributed by atoms with Crippen LogP contribution >= 0.6 is 11.3 Å². The zero-order valence-electron chi connectivity index (χ0n) is 11.7. The van der Waals surface area contributed by atoms with Crippen LogP contribution in [0.1, 0.15) is 23.0 Å². The van der Waals surface area contributed by atoms with Gasteiger partial charge in [-0.3, -0.25) is 9.59 Å². The molecule has 0 bridgehead atoms. The highest BCUT2D eigenvalue weighted by molar-refractivity contribution is 7.17. The summed E-state index contributed by atoms with van der Waals surface area (Å²) in [5, 5.41) is 6.12. The van der Waals surface area contributed by atoms with Crippen LogP contribution in [0, 0.1) is 0 Å². The van der Waals surface area contributed by atoms with Crippen LogP contribution in [0.5, 0.6) is 0 Å². The third-order valence-electron chi connectivity index (χ3n) is 2.98. The summed E-state index contributed by atoms with van der Waals surface area (Å²) in [6.45, 7) is 1.13. The van der Waals surface area contributed by atoms with Gasteiger partial charge in [-0.2, -0.15) is 13.2 Å². The number of hydrogen-bond acceptors (Lipinski definition) is 5. The number of halogens is 3. The Morgan fingerprint density at radius 3 is 2.91 bits per heavy atom. The number of carbonyl (C=O) groups is 2. The van der Waals surface area contributed by atoms with Gasteiger partial charge in [0.25, 0.3) is 5.91 Å². The molecule has 0 aliphatic carbocycles. The van der Waals surface area contributed by atoms with E-state index in [1.807, 2.05) is 6.92 Å². The Hall–Kier alpha value is -1.84. The Kier molecular flexibility index (Phi) is 4.89. The summed E-state index contributed by atoms with van der Waals surface area (Å²) in [6.07, 6.45) is -3.17. The van der Waals surface area contributed by atoms with Crippen molar-refractivity contribution in [3.63, 3.8) is 0 Å². The maximum atomic E-state index is 12.3. The standard InChI is InChI=1S/C12H15F3N4O2S/c1-2-16-11-17-4-8(22-11)10(21)18-7-3-9(20)19(5-7)6-12(13,14)15/h4,7H,2-3,5-6H2,1H3,(H,16,17)(H,18,21)/t7-/m0/s1. The second-order valence-corrected chi connectivity index (χ2v) is 5.85. The third kappa shape index (κ3) is 4.33. The average Bonchev–Trinajstić information content (AvgIpc) is 2.96. The Balaban J connectivity index is 1.91.